The fraction of sp³-hybridized carbons (Fsp3) is 0.500. The number of fused-ring (bicyclic) bond motifs is 1. The highest BCUT2D eigenvalue weighted by molar-refractivity contribution is 5.77. The average molecular weight is 290 g/mol. The molecule has 2 heterocycles. The first kappa shape index (κ1) is 13.8. The summed E-state index contributed by atoms with van der Waals surface area (Å²) in [5.74, 6) is 0.691. The van der Waals surface area contributed by atoms with Crippen molar-refractivity contribution in [3.63, 3.8) is 0 Å². The summed E-state index contributed by atoms with van der Waals surface area (Å²) in [6, 6.07) is 5.08. The molecule has 1 fully saturated rings. The van der Waals surface area contributed by atoms with E-state index in [1.165, 1.54) is 12.1 Å². The lowest BCUT2D eigenvalue weighted by Crippen LogP contribution is -2.36. The van der Waals surface area contributed by atoms with Crippen LogP contribution in [-0.4, -0.2) is 36.6 Å². The van der Waals surface area contributed by atoms with E-state index in [4.69, 9.17) is 4.42 Å². The molecule has 3 rings (SSSR count). The molecule has 0 aliphatic carbocycles. The van der Waals surface area contributed by atoms with Gasteiger partial charge in [-0.05, 0) is 38.4 Å². The van der Waals surface area contributed by atoms with Crippen molar-refractivity contribution in [2.45, 2.75) is 12.8 Å². The Balaban J connectivity index is 1.77. The number of nitrogens with zero attached hydrogens (tertiary/aromatic N) is 3. The van der Waals surface area contributed by atoms with Crippen LogP contribution in [0.5, 0.6) is 0 Å². The van der Waals surface area contributed by atoms with Gasteiger partial charge in [0.15, 0.2) is 5.58 Å². The second-order valence-electron chi connectivity index (χ2n) is 5.39. The highest BCUT2D eigenvalue weighted by atomic mass is 16.6. The number of aromatic nitrogens is 1. The number of hydrogen-bond acceptors (Lipinski definition) is 6. The van der Waals surface area contributed by atoms with Gasteiger partial charge in [0.1, 0.15) is 5.52 Å². The third-order valence-corrected chi connectivity index (χ3v) is 3.95. The molecule has 0 bridgehead atoms. The molecular formula is C14H18N4O3. The van der Waals surface area contributed by atoms with Crippen LogP contribution in [0, 0.1) is 16.0 Å². The van der Waals surface area contributed by atoms with Crippen molar-refractivity contribution >= 4 is 22.8 Å². The van der Waals surface area contributed by atoms with E-state index in [2.05, 4.69) is 15.2 Å². The van der Waals surface area contributed by atoms with Crippen molar-refractivity contribution in [1.29, 1.82) is 0 Å². The Morgan fingerprint density at radius 1 is 1.48 bits per heavy atom. The molecule has 1 saturated heterocycles. The molecule has 1 aliphatic heterocycles. The molecule has 0 unspecified atom stereocenters. The minimum atomic E-state index is -0.426. The van der Waals surface area contributed by atoms with Crippen LogP contribution in [-0.2, 0) is 0 Å². The zero-order valence-electron chi connectivity index (χ0n) is 11.9. The topological polar surface area (TPSA) is 84.4 Å². The number of rotatable bonds is 4. The van der Waals surface area contributed by atoms with Gasteiger partial charge >= 0.3 is 0 Å². The van der Waals surface area contributed by atoms with Gasteiger partial charge in [0, 0.05) is 19.2 Å². The van der Waals surface area contributed by atoms with Crippen LogP contribution in [0.2, 0.25) is 0 Å². The number of benzene rings is 1. The highest BCUT2D eigenvalue weighted by Gasteiger charge is 2.22. The van der Waals surface area contributed by atoms with Crippen LogP contribution >= 0.6 is 0 Å². The molecule has 0 atom stereocenters. The first-order chi connectivity index (χ1) is 10.2. The molecule has 21 heavy (non-hydrogen) atoms. The van der Waals surface area contributed by atoms with Crippen molar-refractivity contribution in [2.24, 2.45) is 5.92 Å². The Morgan fingerprint density at radius 2 is 2.24 bits per heavy atom. The third kappa shape index (κ3) is 2.82. The summed E-state index contributed by atoms with van der Waals surface area (Å²) in [5, 5.41) is 14.0. The molecule has 0 radical (unpaired) electrons. The van der Waals surface area contributed by atoms with Gasteiger partial charge in [-0.2, -0.15) is 4.98 Å². The largest absolute Gasteiger partial charge is 0.423 e. The smallest absolute Gasteiger partial charge is 0.298 e. The molecule has 2 aromatic rings. The molecule has 1 aliphatic rings. The quantitative estimate of drug-likeness (QED) is 0.686. The third-order valence-electron chi connectivity index (χ3n) is 3.95. The molecule has 1 N–H and O–H groups in total. The van der Waals surface area contributed by atoms with E-state index in [1.807, 2.05) is 7.05 Å². The Kier molecular flexibility index (Phi) is 3.74. The first-order valence-corrected chi connectivity index (χ1v) is 7.12. The standard InChI is InChI=1S/C14H18N4O3/c1-15-9-10-4-6-17(7-5-10)14-16-12-3-2-11(18(19)20)8-13(12)21-14/h2-3,8,10,15H,4-7,9H2,1H3. The summed E-state index contributed by atoms with van der Waals surface area (Å²) in [7, 11) is 1.97. The van der Waals surface area contributed by atoms with Crippen LogP contribution in [0.1, 0.15) is 12.8 Å². The lowest BCUT2D eigenvalue weighted by molar-refractivity contribution is -0.384. The molecule has 7 nitrogen and oxygen atoms in total. The van der Waals surface area contributed by atoms with Crippen molar-refractivity contribution in [3.8, 4) is 0 Å². The fourth-order valence-electron chi connectivity index (χ4n) is 2.77. The zero-order valence-corrected chi connectivity index (χ0v) is 11.9. The van der Waals surface area contributed by atoms with Crippen LogP contribution in [0.25, 0.3) is 11.1 Å². The number of anilines is 1. The lowest BCUT2D eigenvalue weighted by atomic mass is 9.97. The van der Waals surface area contributed by atoms with Crippen LogP contribution in [0.4, 0.5) is 11.7 Å². The van der Waals surface area contributed by atoms with E-state index < -0.39 is 4.92 Å². The number of non-ortho nitro benzene ring substituents is 1. The Hall–Kier alpha value is -2.15. The second-order valence-corrected chi connectivity index (χ2v) is 5.39. The average Bonchev–Trinajstić information content (AvgIpc) is 2.91. The number of piperidine rings is 1. The van der Waals surface area contributed by atoms with E-state index in [-0.39, 0.29) is 5.69 Å². The predicted octanol–water partition coefficient (Wildman–Crippen LogP) is 2.17. The van der Waals surface area contributed by atoms with E-state index in [1.54, 1.807) is 6.07 Å². The van der Waals surface area contributed by atoms with Gasteiger partial charge in [-0.1, -0.05) is 0 Å². The molecule has 0 amide bonds. The van der Waals surface area contributed by atoms with Gasteiger partial charge in [-0.25, -0.2) is 0 Å². The van der Waals surface area contributed by atoms with Crippen molar-refractivity contribution < 1.29 is 9.34 Å². The molecule has 1 aromatic carbocycles. The molecule has 1 aromatic heterocycles. The van der Waals surface area contributed by atoms with Crippen molar-refractivity contribution in [3.05, 3.63) is 28.3 Å². The maximum Gasteiger partial charge on any atom is 0.298 e. The Morgan fingerprint density at radius 3 is 2.90 bits per heavy atom. The monoisotopic (exact) mass is 290 g/mol. The van der Waals surface area contributed by atoms with E-state index in [0.29, 0.717) is 23.0 Å². The lowest BCUT2D eigenvalue weighted by Gasteiger charge is -2.30. The Bertz CT molecular complexity index is 647. The number of hydrogen-bond donors (Lipinski definition) is 1. The normalized spacial score (nSPS) is 16.5. The van der Waals surface area contributed by atoms with Gasteiger partial charge in [0.05, 0.1) is 11.0 Å². The summed E-state index contributed by atoms with van der Waals surface area (Å²) in [5.41, 5.74) is 1.16. The van der Waals surface area contributed by atoms with E-state index in [9.17, 15) is 10.1 Å². The van der Waals surface area contributed by atoms with Crippen molar-refractivity contribution in [2.75, 3.05) is 31.6 Å². The summed E-state index contributed by atoms with van der Waals surface area (Å²) in [4.78, 5) is 16.9. The molecule has 0 spiro atoms. The molecule has 112 valence electrons. The molecule has 7 heteroatoms. The SMILES string of the molecule is CNCC1CCN(c2nc3ccc([N+](=O)[O-])cc3o2)CC1. The van der Waals surface area contributed by atoms with Crippen LogP contribution < -0.4 is 10.2 Å². The number of nitrogens with one attached hydrogen (secondary N) is 1. The van der Waals surface area contributed by atoms with Crippen LogP contribution in [0.15, 0.2) is 22.6 Å². The van der Waals surface area contributed by atoms with E-state index >= 15 is 0 Å². The molecule has 0 saturated carbocycles. The Labute approximate surface area is 122 Å². The summed E-state index contributed by atoms with van der Waals surface area (Å²) in [6.45, 7) is 2.84. The van der Waals surface area contributed by atoms with Gasteiger partial charge in [0.2, 0.25) is 0 Å². The summed E-state index contributed by atoms with van der Waals surface area (Å²) in [6.07, 6.45) is 2.19. The number of oxazole rings is 1. The van der Waals surface area contributed by atoms with Gasteiger partial charge in [-0.15, -0.1) is 0 Å². The maximum absolute atomic E-state index is 10.8. The minimum absolute atomic E-state index is 0.0259. The summed E-state index contributed by atoms with van der Waals surface area (Å²) >= 11 is 0. The van der Waals surface area contributed by atoms with Crippen molar-refractivity contribution in [1.82, 2.24) is 10.3 Å². The van der Waals surface area contributed by atoms with Gasteiger partial charge in [0.25, 0.3) is 11.7 Å². The fourth-order valence-corrected chi connectivity index (χ4v) is 2.77. The zero-order chi connectivity index (χ0) is 14.8. The van der Waals surface area contributed by atoms with E-state index in [0.717, 1.165) is 32.5 Å². The maximum atomic E-state index is 10.8. The van der Waals surface area contributed by atoms with Gasteiger partial charge < -0.3 is 14.6 Å². The summed E-state index contributed by atoms with van der Waals surface area (Å²) < 4.78 is 5.69. The second kappa shape index (κ2) is 5.69. The number of nitro groups is 1. The first-order valence-electron chi connectivity index (χ1n) is 7.12. The van der Waals surface area contributed by atoms with Crippen LogP contribution in [0.3, 0.4) is 0 Å². The minimum Gasteiger partial charge on any atom is -0.423 e. The molecular weight excluding hydrogens is 272 g/mol. The van der Waals surface area contributed by atoms with Gasteiger partial charge in [-0.3, -0.25) is 10.1 Å². The highest BCUT2D eigenvalue weighted by Crippen LogP contribution is 2.28. The predicted molar refractivity (Wildman–Crippen MR) is 79.5 cm³/mol. The number of nitro benzene ring substituents is 1.